The molecule has 1 saturated carbocycles. The highest BCUT2D eigenvalue weighted by atomic mass is 16.5. The fraction of sp³-hybridized carbons (Fsp3) is 0.208. The topological polar surface area (TPSA) is 106 Å². The maximum Gasteiger partial charge on any atom is 0.228 e. The molecule has 0 saturated heterocycles. The van der Waals surface area contributed by atoms with Gasteiger partial charge in [0.1, 0.15) is 5.75 Å². The summed E-state index contributed by atoms with van der Waals surface area (Å²) in [4.78, 5) is 17.1. The summed E-state index contributed by atoms with van der Waals surface area (Å²) in [7, 11) is 1.60. The van der Waals surface area contributed by atoms with E-state index in [0.717, 1.165) is 23.1 Å². The van der Waals surface area contributed by atoms with Crippen molar-refractivity contribution >= 4 is 11.6 Å². The molecule has 32 heavy (non-hydrogen) atoms. The molecule has 0 radical (unpaired) electrons. The largest absolute Gasteiger partial charge is 0.495 e. The number of aromatic amines is 1. The van der Waals surface area contributed by atoms with Crippen molar-refractivity contribution in [2.75, 3.05) is 12.4 Å². The molecule has 1 amide bonds. The first kappa shape index (κ1) is 19.9. The number of tetrazole rings is 1. The number of benzene rings is 2. The minimum absolute atomic E-state index is 0.0190. The van der Waals surface area contributed by atoms with E-state index in [1.807, 2.05) is 30.3 Å². The zero-order valence-electron chi connectivity index (χ0n) is 17.7. The molecule has 2 N–H and O–H groups in total. The average Bonchev–Trinajstić information content (AvgIpc) is 3.44. The fourth-order valence-electron chi connectivity index (χ4n) is 4.01. The van der Waals surface area contributed by atoms with Crippen molar-refractivity contribution in [2.24, 2.45) is 5.92 Å². The number of nitrogens with one attached hydrogen (secondary N) is 2. The molecule has 2 aromatic heterocycles. The maximum atomic E-state index is 12.9. The van der Waals surface area contributed by atoms with E-state index in [1.54, 1.807) is 19.5 Å². The Morgan fingerprint density at radius 3 is 2.81 bits per heavy atom. The van der Waals surface area contributed by atoms with Gasteiger partial charge in [0.2, 0.25) is 5.91 Å². The summed E-state index contributed by atoms with van der Waals surface area (Å²) in [5.74, 6) is 1.43. The molecule has 2 heterocycles. The minimum atomic E-state index is -0.0190. The van der Waals surface area contributed by atoms with E-state index in [-0.39, 0.29) is 17.7 Å². The zero-order valence-corrected chi connectivity index (χ0v) is 17.7. The van der Waals surface area contributed by atoms with E-state index >= 15 is 0 Å². The van der Waals surface area contributed by atoms with Crippen LogP contribution in [0.5, 0.6) is 5.75 Å². The Hall–Kier alpha value is -4.07. The number of ether oxygens (including phenoxy) is 1. The SMILES string of the molecule is COc1cncc(-c2ccc(NC(=O)[C@@H]3C[C@H]3c3cccc(C)c3)cc2-c2nnn[nH]2)c1. The molecule has 2 aromatic carbocycles. The van der Waals surface area contributed by atoms with E-state index in [2.05, 4.69) is 56.0 Å². The Bertz CT molecular complexity index is 1270. The number of carbonyl (C=O) groups is 1. The second kappa shape index (κ2) is 8.22. The maximum absolute atomic E-state index is 12.9. The molecule has 1 aliphatic carbocycles. The number of aryl methyl sites for hydroxylation is 1. The molecule has 8 nitrogen and oxygen atoms in total. The van der Waals surface area contributed by atoms with Crippen LogP contribution in [-0.4, -0.2) is 38.6 Å². The molecule has 4 aromatic rings. The Labute approximate surface area is 185 Å². The van der Waals surface area contributed by atoms with Crippen molar-refractivity contribution in [3.8, 4) is 28.3 Å². The van der Waals surface area contributed by atoms with Gasteiger partial charge in [-0.25, -0.2) is 5.10 Å². The van der Waals surface area contributed by atoms with Gasteiger partial charge < -0.3 is 10.1 Å². The van der Waals surface area contributed by atoms with Gasteiger partial charge in [0.15, 0.2) is 5.82 Å². The number of pyridine rings is 1. The number of hydrogen-bond acceptors (Lipinski definition) is 6. The van der Waals surface area contributed by atoms with Crippen LogP contribution in [0.2, 0.25) is 0 Å². The third kappa shape index (κ3) is 3.94. The van der Waals surface area contributed by atoms with E-state index < -0.39 is 0 Å². The highest BCUT2D eigenvalue weighted by molar-refractivity contribution is 5.96. The number of carbonyl (C=O) groups excluding carboxylic acids is 1. The molecule has 5 rings (SSSR count). The minimum Gasteiger partial charge on any atom is -0.495 e. The summed E-state index contributed by atoms with van der Waals surface area (Å²) in [6, 6.07) is 15.9. The number of hydrogen-bond donors (Lipinski definition) is 2. The lowest BCUT2D eigenvalue weighted by molar-refractivity contribution is -0.117. The molecule has 1 aliphatic rings. The molecule has 0 spiro atoms. The van der Waals surface area contributed by atoms with Gasteiger partial charge in [-0.3, -0.25) is 9.78 Å². The molecular weight excluding hydrogens is 404 g/mol. The number of methoxy groups -OCH3 is 1. The molecular formula is C24H22N6O2. The van der Waals surface area contributed by atoms with Crippen LogP contribution in [0.1, 0.15) is 23.5 Å². The number of nitrogens with zero attached hydrogens (tertiary/aromatic N) is 4. The van der Waals surface area contributed by atoms with Gasteiger partial charge in [0.05, 0.1) is 13.3 Å². The Balaban J connectivity index is 1.41. The second-order valence-corrected chi connectivity index (χ2v) is 7.98. The first-order chi connectivity index (χ1) is 15.6. The third-order valence-corrected chi connectivity index (χ3v) is 5.74. The predicted molar refractivity (Wildman–Crippen MR) is 120 cm³/mol. The van der Waals surface area contributed by atoms with Crippen molar-refractivity contribution in [3.63, 3.8) is 0 Å². The van der Waals surface area contributed by atoms with E-state index in [1.165, 1.54) is 11.1 Å². The van der Waals surface area contributed by atoms with E-state index in [4.69, 9.17) is 4.74 Å². The highest BCUT2D eigenvalue weighted by Crippen LogP contribution is 2.48. The first-order valence-corrected chi connectivity index (χ1v) is 10.4. The lowest BCUT2D eigenvalue weighted by Crippen LogP contribution is -2.14. The van der Waals surface area contributed by atoms with Crippen LogP contribution in [0.3, 0.4) is 0 Å². The monoisotopic (exact) mass is 426 g/mol. The average molecular weight is 426 g/mol. The highest BCUT2D eigenvalue weighted by Gasteiger charge is 2.43. The van der Waals surface area contributed by atoms with Gasteiger partial charge in [0.25, 0.3) is 0 Å². The number of aromatic nitrogens is 5. The van der Waals surface area contributed by atoms with Gasteiger partial charge in [-0.15, -0.1) is 5.10 Å². The van der Waals surface area contributed by atoms with E-state index in [0.29, 0.717) is 17.3 Å². The van der Waals surface area contributed by atoms with Crippen LogP contribution in [0.25, 0.3) is 22.5 Å². The van der Waals surface area contributed by atoms with Crippen molar-refractivity contribution < 1.29 is 9.53 Å². The normalized spacial score (nSPS) is 17.1. The quantitative estimate of drug-likeness (QED) is 0.483. The van der Waals surface area contributed by atoms with Crippen LogP contribution in [-0.2, 0) is 4.79 Å². The van der Waals surface area contributed by atoms with Crippen molar-refractivity contribution in [3.05, 3.63) is 72.1 Å². The van der Waals surface area contributed by atoms with Crippen molar-refractivity contribution in [1.29, 1.82) is 0 Å². The summed E-state index contributed by atoms with van der Waals surface area (Å²) in [6.45, 7) is 2.07. The number of rotatable bonds is 6. The zero-order chi connectivity index (χ0) is 22.1. The van der Waals surface area contributed by atoms with Crippen LogP contribution in [0.4, 0.5) is 5.69 Å². The van der Waals surface area contributed by atoms with Gasteiger partial charge in [-0.05, 0) is 59.0 Å². The van der Waals surface area contributed by atoms with Gasteiger partial charge in [0, 0.05) is 28.9 Å². The molecule has 0 bridgehead atoms. The van der Waals surface area contributed by atoms with Crippen LogP contribution in [0, 0.1) is 12.8 Å². The Morgan fingerprint density at radius 2 is 2.03 bits per heavy atom. The van der Waals surface area contributed by atoms with Gasteiger partial charge >= 0.3 is 0 Å². The Kier molecular flexibility index (Phi) is 5.10. The molecule has 0 unspecified atom stereocenters. The molecule has 2 atom stereocenters. The van der Waals surface area contributed by atoms with Crippen molar-refractivity contribution in [2.45, 2.75) is 19.3 Å². The summed E-state index contributed by atoms with van der Waals surface area (Å²) < 4.78 is 5.30. The molecule has 0 aliphatic heterocycles. The molecule has 1 fully saturated rings. The standard InChI is InChI=1S/C24H22N6O2/c1-14-4-3-5-15(8-14)20-11-22(20)24(31)26-17-6-7-19(16-9-18(32-2)13-25-12-16)21(10-17)23-27-29-30-28-23/h3-10,12-13,20,22H,11H2,1-2H3,(H,26,31)(H,27,28,29,30)/t20-,22+/m0/s1. The van der Waals surface area contributed by atoms with Gasteiger partial charge in [-0.1, -0.05) is 35.9 Å². The molecule has 8 heteroatoms. The van der Waals surface area contributed by atoms with E-state index in [9.17, 15) is 4.79 Å². The summed E-state index contributed by atoms with van der Waals surface area (Å²) in [6.07, 6.45) is 4.26. The number of amides is 1. The summed E-state index contributed by atoms with van der Waals surface area (Å²) in [5, 5.41) is 17.3. The fourth-order valence-corrected chi connectivity index (χ4v) is 4.01. The van der Waals surface area contributed by atoms with Gasteiger partial charge in [-0.2, -0.15) is 0 Å². The number of anilines is 1. The lowest BCUT2D eigenvalue weighted by atomic mass is 9.99. The van der Waals surface area contributed by atoms with Crippen molar-refractivity contribution in [1.82, 2.24) is 25.6 Å². The number of H-pyrrole nitrogens is 1. The smallest absolute Gasteiger partial charge is 0.228 e. The summed E-state index contributed by atoms with van der Waals surface area (Å²) >= 11 is 0. The lowest BCUT2D eigenvalue weighted by Gasteiger charge is -2.12. The summed E-state index contributed by atoms with van der Waals surface area (Å²) in [5.41, 5.74) is 5.61. The van der Waals surface area contributed by atoms with Crippen LogP contribution >= 0.6 is 0 Å². The first-order valence-electron chi connectivity index (χ1n) is 10.4. The predicted octanol–water partition coefficient (Wildman–Crippen LogP) is 3.99. The van der Waals surface area contributed by atoms with Crippen LogP contribution < -0.4 is 10.1 Å². The third-order valence-electron chi connectivity index (χ3n) is 5.74. The van der Waals surface area contributed by atoms with Crippen LogP contribution in [0.15, 0.2) is 60.9 Å². The molecule has 160 valence electrons. The second-order valence-electron chi connectivity index (χ2n) is 7.98. The Morgan fingerprint density at radius 1 is 1.12 bits per heavy atom.